The van der Waals surface area contributed by atoms with Gasteiger partial charge in [-0.05, 0) is 25.0 Å². The topological polar surface area (TPSA) is 58.6 Å². The zero-order valence-corrected chi connectivity index (χ0v) is 11.6. The smallest absolute Gasteiger partial charge is 0.410 e. The van der Waals surface area contributed by atoms with Crippen LogP contribution in [-0.4, -0.2) is 42.2 Å². The minimum Gasteiger partial charge on any atom is -0.410 e. The van der Waals surface area contributed by atoms with Crippen LogP contribution >= 0.6 is 0 Å². The predicted molar refractivity (Wildman–Crippen MR) is 71.3 cm³/mol. The molecule has 2 rings (SSSR count). The van der Waals surface area contributed by atoms with Gasteiger partial charge in [-0.1, -0.05) is 18.2 Å². The number of alkyl halides is 3. The van der Waals surface area contributed by atoms with E-state index in [1.807, 2.05) is 0 Å². The molecule has 1 aliphatic heterocycles. The monoisotopic (exact) mass is 316 g/mol. The number of carbonyl (C=O) groups excluding carboxylic acids is 2. The fourth-order valence-electron chi connectivity index (χ4n) is 2.20. The first-order valence-corrected chi connectivity index (χ1v) is 6.76. The highest BCUT2D eigenvalue weighted by atomic mass is 19.4. The van der Waals surface area contributed by atoms with Gasteiger partial charge in [-0.2, -0.15) is 13.2 Å². The van der Waals surface area contributed by atoms with Gasteiger partial charge in [0.05, 0.1) is 0 Å². The van der Waals surface area contributed by atoms with E-state index in [9.17, 15) is 22.8 Å². The third-order valence-electron chi connectivity index (χ3n) is 3.30. The lowest BCUT2D eigenvalue weighted by atomic mass is 10.1. The molecule has 1 N–H and O–H groups in total. The SMILES string of the molecule is O=C(NC1CCN(C(=O)C(F)(F)F)CC1)Oc1ccccc1. The zero-order valence-electron chi connectivity index (χ0n) is 11.6. The van der Waals surface area contributed by atoms with Gasteiger partial charge in [0.15, 0.2) is 0 Å². The number of para-hydroxylation sites is 1. The molecule has 0 spiro atoms. The fraction of sp³-hybridized carbons (Fsp3) is 0.429. The molecule has 1 aromatic rings. The third-order valence-corrected chi connectivity index (χ3v) is 3.30. The van der Waals surface area contributed by atoms with E-state index in [0.29, 0.717) is 5.75 Å². The van der Waals surface area contributed by atoms with Crippen LogP contribution in [-0.2, 0) is 4.79 Å². The van der Waals surface area contributed by atoms with Gasteiger partial charge in [-0.3, -0.25) is 4.79 Å². The Labute approximate surface area is 125 Å². The third kappa shape index (κ3) is 4.37. The second-order valence-corrected chi connectivity index (χ2v) is 4.91. The van der Waals surface area contributed by atoms with Crippen molar-refractivity contribution in [2.75, 3.05) is 13.1 Å². The molecule has 5 nitrogen and oxygen atoms in total. The fourth-order valence-corrected chi connectivity index (χ4v) is 2.20. The summed E-state index contributed by atoms with van der Waals surface area (Å²) in [5.41, 5.74) is 0. The highest BCUT2D eigenvalue weighted by Crippen LogP contribution is 2.21. The molecule has 1 aliphatic rings. The van der Waals surface area contributed by atoms with Crippen LogP contribution in [0.2, 0.25) is 0 Å². The summed E-state index contributed by atoms with van der Waals surface area (Å²) in [5, 5.41) is 2.59. The molecule has 0 atom stereocenters. The maximum Gasteiger partial charge on any atom is 0.471 e. The molecule has 0 saturated carbocycles. The van der Waals surface area contributed by atoms with Crippen LogP contribution in [0.25, 0.3) is 0 Å². The molecule has 0 bridgehead atoms. The number of hydrogen-bond acceptors (Lipinski definition) is 3. The standard InChI is InChI=1S/C14H15F3N2O3/c15-14(16,17)12(20)19-8-6-10(7-9-19)18-13(21)22-11-4-2-1-3-5-11/h1-5,10H,6-9H2,(H,18,21). The minimum absolute atomic E-state index is 0.0470. The van der Waals surface area contributed by atoms with Crippen molar-refractivity contribution in [3.05, 3.63) is 30.3 Å². The van der Waals surface area contributed by atoms with Crippen molar-refractivity contribution >= 4 is 12.0 Å². The van der Waals surface area contributed by atoms with Crippen LogP contribution < -0.4 is 10.1 Å². The van der Waals surface area contributed by atoms with Crippen molar-refractivity contribution in [3.63, 3.8) is 0 Å². The van der Waals surface area contributed by atoms with Gasteiger partial charge in [0, 0.05) is 19.1 Å². The Morgan fingerprint density at radius 2 is 1.73 bits per heavy atom. The highest BCUT2D eigenvalue weighted by Gasteiger charge is 2.43. The van der Waals surface area contributed by atoms with Gasteiger partial charge >= 0.3 is 18.2 Å². The Bertz CT molecular complexity index is 526. The number of nitrogens with one attached hydrogen (secondary N) is 1. The molecule has 0 unspecified atom stereocenters. The molecule has 2 amide bonds. The predicted octanol–water partition coefficient (Wildman–Crippen LogP) is 2.33. The van der Waals surface area contributed by atoms with Crippen LogP contribution in [0, 0.1) is 0 Å². The summed E-state index contributed by atoms with van der Waals surface area (Å²) in [5.74, 6) is -1.46. The summed E-state index contributed by atoms with van der Waals surface area (Å²) in [6, 6.07) is 8.12. The largest absolute Gasteiger partial charge is 0.471 e. The van der Waals surface area contributed by atoms with Gasteiger partial charge in [0.2, 0.25) is 0 Å². The maximum absolute atomic E-state index is 12.3. The van der Waals surface area contributed by atoms with E-state index in [1.54, 1.807) is 30.3 Å². The number of carbonyl (C=O) groups is 2. The van der Waals surface area contributed by atoms with Crippen molar-refractivity contribution in [1.82, 2.24) is 10.2 Å². The Morgan fingerprint density at radius 3 is 2.27 bits per heavy atom. The molecule has 1 aromatic carbocycles. The van der Waals surface area contributed by atoms with Gasteiger partial charge in [0.25, 0.3) is 0 Å². The highest BCUT2D eigenvalue weighted by molar-refractivity contribution is 5.82. The second-order valence-electron chi connectivity index (χ2n) is 4.91. The lowest BCUT2D eigenvalue weighted by Gasteiger charge is -2.32. The Hall–Kier alpha value is -2.25. The van der Waals surface area contributed by atoms with E-state index >= 15 is 0 Å². The molecule has 0 aromatic heterocycles. The summed E-state index contributed by atoms with van der Waals surface area (Å²) < 4.78 is 41.9. The zero-order chi connectivity index (χ0) is 16.2. The van der Waals surface area contributed by atoms with Crippen molar-refractivity contribution in [1.29, 1.82) is 0 Å². The number of hydrogen-bond donors (Lipinski definition) is 1. The first-order valence-electron chi connectivity index (χ1n) is 6.76. The molecule has 0 radical (unpaired) electrons. The average Bonchev–Trinajstić information content (AvgIpc) is 2.47. The Morgan fingerprint density at radius 1 is 1.14 bits per heavy atom. The van der Waals surface area contributed by atoms with Crippen molar-refractivity contribution in [3.8, 4) is 5.75 Å². The number of amides is 2. The van der Waals surface area contributed by atoms with E-state index in [-0.39, 0.29) is 32.0 Å². The number of piperidine rings is 1. The summed E-state index contributed by atoms with van der Waals surface area (Å²) in [4.78, 5) is 23.5. The number of nitrogens with zero attached hydrogens (tertiary/aromatic N) is 1. The summed E-state index contributed by atoms with van der Waals surface area (Å²) in [6.07, 6.45) is -5.00. The molecule has 1 saturated heterocycles. The normalized spacial score (nSPS) is 16.2. The minimum atomic E-state index is -4.85. The number of likely N-dealkylation sites (tertiary alicyclic amines) is 1. The number of rotatable bonds is 2. The van der Waals surface area contributed by atoms with Crippen LogP contribution in [0.1, 0.15) is 12.8 Å². The van der Waals surface area contributed by atoms with Gasteiger partial charge in [-0.15, -0.1) is 0 Å². The van der Waals surface area contributed by atoms with Gasteiger partial charge in [0.1, 0.15) is 5.75 Å². The van der Waals surface area contributed by atoms with Crippen LogP contribution in [0.5, 0.6) is 5.75 Å². The molecule has 0 aliphatic carbocycles. The maximum atomic E-state index is 12.3. The molecule has 1 heterocycles. The van der Waals surface area contributed by atoms with E-state index in [4.69, 9.17) is 4.74 Å². The molecule has 8 heteroatoms. The first-order chi connectivity index (χ1) is 10.4. The second kappa shape index (κ2) is 6.67. The summed E-state index contributed by atoms with van der Waals surface area (Å²) in [6.45, 7) is -0.0940. The lowest BCUT2D eigenvalue weighted by Crippen LogP contribution is -2.50. The quantitative estimate of drug-likeness (QED) is 0.911. The van der Waals surface area contributed by atoms with Gasteiger partial charge < -0.3 is 15.0 Å². The average molecular weight is 316 g/mol. The Kier molecular flexibility index (Phi) is 4.89. The number of benzene rings is 1. The van der Waals surface area contributed by atoms with Crippen LogP contribution in [0.4, 0.5) is 18.0 Å². The van der Waals surface area contributed by atoms with Crippen LogP contribution in [0.15, 0.2) is 30.3 Å². The lowest BCUT2D eigenvalue weighted by molar-refractivity contribution is -0.186. The molecule has 120 valence electrons. The van der Waals surface area contributed by atoms with Gasteiger partial charge in [-0.25, -0.2) is 4.79 Å². The van der Waals surface area contributed by atoms with E-state index in [0.717, 1.165) is 4.90 Å². The van der Waals surface area contributed by atoms with Crippen molar-refractivity contribution < 1.29 is 27.5 Å². The number of ether oxygens (including phenoxy) is 1. The molecular weight excluding hydrogens is 301 g/mol. The Balaban J connectivity index is 1.78. The number of halogens is 3. The first kappa shape index (κ1) is 16.1. The molecule has 22 heavy (non-hydrogen) atoms. The van der Waals surface area contributed by atoms with Crippen molar-refractivity contribution in [2.24, 2.45) is 0 Å². The van der Waals surface area contributed by atoms with E-state index < -0.39 is 18.2 Å². The van der Waals surface area contributed by atoms with E-state index in [2.05, 4.69) is 5.32 Å². The molecular formula is C14H15F3N2O3. The molecule has 1 fully saturated rings. The summed E-state index contributed by atoms with van der Waals surface area (Å²) >= 11 is 0. The van der Waals surface area contributed by atoms with Crippen molar-refractivity contribution in [2.45, 2.75) is 25.1 Å². The summed E-state index contributed by atoms with van der Waals surface area (Å²) in [7, 11) is 0. The van der Waals surface area contributed by atoms with E-state index in [1.165, 1.54) is 0 Å². The van der Waals surface area contributed by atoms with Crippen LogP contribution in [0.3, 0.4) is 0 Å².